The monoisotopic (exact) mass is 423 g/mol. The molecule has 11 heteroatoms. The molecule has 0 radical (unpaired) electrons. The van der Waals surface area contributed by atoms with Crippen LogP contribution in [0, 0.1) is 10.1 Å². The number of anilines is 1. The van der Waals surface area contributed by atoms with Gasteiger partial charge in [0, 0.05) is 35.2 Å². The van der Waals surface area contributed by atoms with E-state index in [-0.39, 0.29) is 17.0 Å². The van der Waals surface area contributed by atoms with Crippen LogP contribution in [0.25, 0.3) is 0 Å². The Balaban J connectivity index is 1.63. The number of nitrogens with one attached hydrogen (secondary N) is 1. The molecule has 1 N–H and O–H groups in total. The minimum Gasteiger partial charge on any atom is -0.406 e. The highest BCUT2D eigenvalue weighted by Gasteiger charge is 2.30. The molecule has 0 aliphatic rings. The Morgan fingerprint density at radius 1 is 1.21 bits per heavy atom. The maximum absolute atomic E-state index is 12.2. The second-order valence-corrected chi connectivity index (χ2v) is 6.88. The van der Waals surface area contributed by atoms with Crippen LogP contribution in [0.1, 0.15) is 20.8 Å². The van der Waals surface area contributed by atoms with Gasteiger partial charge < -0.3 is 4.74 Å². The number of ether oxygens (including phenoxy) is 1. The van der Waals surface area contributed by atoms with Crippen molar-refractivity contribution in [1.29, 1.82) is 0 Å². The summed E-state index contributed by atoms with van der Waals surface area (Å²) < 4.78 is 40.4. The van der Waals surface area contributed by atoms with Crippen LogP contribution in [-0.4, -0.2) is 22.2 Å². The molecule has 1 heterocycles. The fourth-order valence-electron chi connectivity index (χ4n) is 2.39. The van der Waals surface area contributed by atoms with E-state index in [4.69, 9.17) is 0 Å². The number of carbonyl (C=O) groups excluding carboxylic acids is 1. The molecular formula is C18H12F3N3O4S. The molecule has 0 aliphatic carbocycles. The van der Waals surface area contributed by atoms with Gasteiger partial charge in [-0.3, -0.25) is 20.2 Å². The van der Waals surface area contributed by atoms with Gasteiger partial charge in [0.2, 0.25) is 0 Å². The lowest BCUT2D eigenvalue weighted by molar-refractivity contribution is -0.384. The summed E-state index contributed by atoms with van der Waals surface area (Å²) in [6.07, 6.45) is -2.81. The lowest BCUT2D eigenvalue weighted by atomic mass is 10.1. The van der Waals surface area contributed by atoms with Crippen LogP contribution in [0.4, 0.5) is 24.0 Å². The summed E-state index contributed by atoms with van der Waals surface area (Å²) in [6.45, 7) is 0. The summed E-state index contributed by atoms with van der Waals surface area (Å²) in [5, 5.41) is 13.7. The molecule has 7 nitrogen and oxygen atoms in total. The van der Waals surface area contributed by atoms with E-state index in [1.54, 1.807) is 0 Å². The third-order valence-electron chi connectivity index (χ3n) is 3.63. The number of hydrogen-bond acceptors (Lipinski definition) is 6. The van der Waals surface area contributed by atoms with Gasteiger partial charge in [-0.2, -0.15) is 0 Å². The highest BCUT2D eigenvalue weighted by Crippen LogP contribution is 2.25. The summed E-state index contributed by atoms with van der Waals surface area (Å²) >= 11 is 1.19. The number of halogens is 3. The van der Waals surface area contributed by atoms with Crippen LogP contribution in [0.15, 0.2) is 54.7 Å². The Labute approximate surface area is 165 Å². The molecule has 0 saturated heterocycles. The number of amides is 1. The summed E-state index contributed by atoms with van der Waals surface area (Å²) in [7, 11) is 0. The van der Waals surface area contributed by atoms with E-state index in [9.17, 15) is 28.1 Å². The van der Waals surface area contributed by atoms with Crippen molar-refractivity contribution in [3.05, 3.63) is 80.8 Å². The number of non-ortho nitro benzene ring substituents is 1. The number of alkyl halides is 3. The van der Waals surface area contributed by atoms with Crippen molar-refractivity contribution in [1.82, 2.24) is 4.98 Å². The fraction of sp³-hybridized carbons (Fsp3) is 0.111. The minimum absolute atomic E-state index is 0.121. The average molecular weight is 423 g/mol. The van der Waals surface area contributed by atoms with Gasteiger partial charge in [-0.1, -0.05) is 18.2 Å². The van der Waals surface area contributed by atoms with Gasteiger partial charge in [0.1, 0.15) is 5.75 Å². The van der Waals surface area contributed by atoms with E-state index in [2.05, 4.69) is 15.0 Å². The molecule has 0 fully saturated rings. The van der Waals surface area contributed by atoms with Crippen LogP contribution < -0.4 is 10.1 Å². The molecule has 1 aromatic heterocycles. The zero-order chi connectivity index (χ0) is 21.0. The van der Waals surface area contributed by atoms with E-state index in [1.807, 2.05) is 0 Å². The zero-order valence-corrected chi connectivity index (χ0v) is 15.3. The number of thiazole rings is 1. The number of nitrogens with zero attached hydrogens (tertiary/aromatic N) is 2. The predicted molar refractivity (Wildman–Crippen MR) is 99.1 cm³/mol. The number of benzene rings is 2. The van der Waals surface area contributed by atoms with E-state index in [1.165, 1.54) is 60.0 Å². The van der Waals surface area contributed by atoms with E-state index < -0.39 is 17.2 Å². The summed E-state index contributed by atoms with van der Waals surface area (Å²) in [5.41, 5.74) is 0.659. The Kier molecular flexibility index (Phi) is 5.78. The van der Waals surface area contributed by atoms with Gasteiger partial charge in [-0.05, 0) is 23.8 Å². The van der Waals surface area contributed by atoms with Gasteiger partial charge in [-0.25, -0.2) is 4.98 Å². The molecule has 0 bridgehead atoms. The van der Waals surface area contributed by atoms with E-state index in [0.717, 1.165) is 16.5 Å². The highest BCUT2D eigenvalue weighted by atomic mass is 32.1. The lowest BCUT2D eigenvalue weighted by Crippen LogP contribution is -2.17. The molecular weight excluding hydrogens is 411 g/mol. The number of aromatic nitrogens is 1. The molecule has 3 rings (SSSR count). The quantitative estimate of drug-likeness (QED) is 0.454. The van der Waals surface area contributed by atoms with Crippen molar-refractivity contribution < 1.29 is 27.6 Å². The molecule has 29 heavy (non-hydrogen) atoms. The van der Waals surface area contributed by atoms with Crippen molar-refractivity contribution in [3.63, 3.8) is 0 Å². The summed E-state index contributed by atoms with van der Waals surface area (Å²) in [6, 6.07) is 10.7. The molecule has 0 saturated carbocycles. The lowest BCUT2D eigenvalue weighted by Gasteiger charge is -2.08. The average Bonchev–Trinajstić information content (AvgIpc) is 3.09. The molecule has 3 aromatic rings. The Hall–Kier alpha value is -3.47. The molecule has 1 amide bonds. The standard InChI is InChI=1S/C18H12F3N3O4S/c19-18(20,21)28-14-6-4-11(5-7-14)8-15-10-22-17(29-15)23-16(25)12-2-1-3-13(9-12)24(26)27/h1-7,9-10H,8H2,(H,22,23,25). The highest BCUT2D eigenvalue weighted by molar-refractivity contribution is 7.15. The molecule has 2 aromatic carbocycles. The third kappa shape index (κ3) is 5.75. The van der Waals surface area contributed by atoms with Gasteiger partial charge in [0.15, 0.2) is 5.13 Å². The maximum Gasteiger partial charge on any atom is 0.573 e. The smallest absolute Gasteiger partial charge is 0.406 e. The van der Waals surface area contributed by atoms with E-state index in [0.29, 0.717) is 11.6 Å². The molecule has 0 spiro atoms. The maximum atomic E-state index is 12.2. The Morgan fingerprint density at radius 3 is 2.59 bits per heavy atom. The van der Waals surface area contributed by atoms with Crippen molar-refractivity contribution >= 4 is 28.1 Å². The number of nitro groups is 1. The third-order valence-corrected chi connectivity index (χ3v) is 4.54. The van der Waals surface area contributed by atoms with Gasteiger partial charge in [0.25, 0.3) is 11.6 Å². The zero-order valence-electron chi connectivity index (χ0n) is 14.5. The first kappa shape index (κ1) is 20.3. The van der Waals surface area contributed by atoms with Crippen molar-refractivity contribution in [2.75, 3.05) is 5.32 Å². The molecule has 0 aliphatic heterocycles. The van der Waals surface area contributed by atoms with Gasteiger partial charge >= 0.3 is 6.36 Å². The normalized spacial score (nSPS) is 11.1. The van der Waals surface area contributed by atoms with Gasteiger partial charge in [0.05, 0.1) is 4.92 Å². The first-order chi connectivity index (χ1) is 13.7. The topological polar surface area (TPSA) is 94.4 Å². The first-order valence-electron chi connectivity index (χ1n) is 8.05. The van der Waals surface area contributed by atoms with Crippen molar-refractivity contribution in [2.24, 2.45) is 0 Å². The Morgan fingerprint density at radius 2 is 1.93 bits per heavy atom. The predicted octanol–water partition coefficient (Wildman–Crippen LogP) is 4.79. The van der Waals surface area contributed by atoms with Crippen LogP contribution in [0.2, 0.25) is 0 Å². The molecule has 0 atom stereocenters. The van der Waals surface area contributed by atoms with E-state index >= 15 is 0 Å². The number of rotatable bonds is 6. The largest absolute Gasteiger partial charge is 0.573 e. The number of hydrogen-bond donors (Lipinski definition) is 1. The SMILES string of the molecule is O=C(Nc1ncc(Cc2ccc(OC(F)(F)F)cc2)s1)c1cccc([N+](=O)[O-])c1. The van der Waals surface area contributed by atoms with Crippen molar-refractivity contribution in [3.8, 4) is 5.75 Å². The second kappa shape index (κ2) is 8.27. The molecule has 0 unspecified atom stereocenters. The summed E-state index contributed by atoms with van der Waals surface area (Å²) in [4.78, 5) is 27.3. The van der Waals surface area contributed by atoms with Crippen molar-refractivity contribution in [2.45, 2.75) is 12.8 Å². The molecule has 150 valence electrons. The fourth-order valence-corrected chi connectivity index (χ4v) is 3.23. The number of nitro benzene ring substituents is 1. The second-order valence-electron chi connectivity index (χ2n) is 5.76. The Bertz CT molecular complexity index is 1040. The minimum atomic E-state index is -4.74. The van der Waals surface area contributed by atoms with Crippen LogP contribution in [-0.2, 0) is 6.42 Å². The summed E-state index contributed by atoms with van der Waals surface area (Å²) in [5.74, 6) is -0.848. The van der Waals surface area contributed by atoms with Crippen LogP contribution in [0.5, 0.6) is 5.75 Å². The van der Waals surface area contributed by atoms with Crippen LogP contribution in [0.3, 0.4) is 0 Å². The van der Waals surface area contributed by atoms with Crippen LogP contribution >= 0.6 is 11.3 Å². The van der Waals surface area contributed by atoms with Gasteiger partial charge in [-0.15, -0.1) is 24.5 Å². The first-order valence-corrected chi connectivity index (χ1v) is 8.86. The number of carbonyl (C=O) groups is 1.